The monoisotopic (exact) mass is 448 g/mol. The molecule has 10 nitrogen and oxygen atoms in total. The van der Waals surface area contributed by atoms with Gasteiger partial charge in [-0.15, -0.1) is 0 Å². The minimum Gasteiger partial charge on any atom is 0 e. The Kier molecular flexibility index (Phi) is 40200. The molecule has 0 fully saturated rings. The summed E-state index contributed by atoms with van der Waals surface area (Å²) in [6, 6.07) is 0. The van der Waals surface area contributed by atoms with E-state index in [0.717, 1.165) is 0 Å². The molecule has 0 atom stereocenters. The van der Waals surface area contributed by atoms with Crippen LogP contribution in [0.25, 0.3) is 0 Å². The Morgan fingerprint density at radius 2 is 0.174 bits per heavy atom. The number of hydrogen-bond acceptors (Lipinski definition) is 0. The molecule has 0 aliphatic carbocycles. The van der Waals surface area contributed by atoms with E-state index in [0.29, 0.717) is 0 Å². The fraction of sp³-hybridized carbons (Fsp3) is 0. The van der Waals surface area contributed by atoms with E-state index in [1.54, 1.807) is 0 Å². The summed E-state index contributed by atoms with van der Waals surface area (Å²) in [5.41, 5.74) is 0. The SMILES string of the molecule is [C-]#[O+].[C-]#[O+].[C-]#[O+].[C-]#[O+].[C-]#[O+].[C-]#[O+].[C-]#[O+].[C-]#[O+].[C-]#[O+].[C-]#[O+].[Fe].[Fe].[Fe]. The van der Waals surface area contributed by atoms with Gasteiger partial charge >= 0.3 is 113 Å². The van der Waals surface area contributed by atoms with Gasteiger partial charge in [0, 0.05) is 51.2 Å². The molecule has 0 unspecified atom stereocenters. The minimum atomic E-state index is 0. The van der Waals surface area contributed by atoms with Gasteiger partial charge in [0.1, 0.15) is 0 Å². The summed E-state index contributed by atoms with van der Waals surface area (Å²) < 4.78 is 75.0. The van der Waals surface area contributed by atoms with Crippen LogP contribution in [0.5, 0.6) is 0 Å². The summed E-state index contributed by atoms with van der Waals surface area (Å²) in [6.45, 7) is 45.0. The molecule has 0 N–H and O–H groups in total. The first-order chi connectivity index (χ1) is 10.0. The van der Waals surface area contributed by atoms with Gasteiger partial charge in [-0.2, -0.15) is 0 Å². The topological polar surface area (TPSA) is 199 Å². The van der Waals surface area contributed by atoms with Gasteiger partial charge in [0.25, 0.3) is 0 Å². The second-order valence-corrected chi connectivity index (χ2v) is 0. The zero-order valence-corrected chi connectivity index (χ0v) is 13.5. The molecular weight excluding hydrogens is 448 g/mol. The zero-order valence-electron chi connectivity index (χ0n) is 10.1. The smallest absolute Gasteiger partial charge is 0 e. The van der Waals surface area contributed by atoms with E-state index in [-0.39, 0.29) is 51.2 Å². The van der Waals surface area contributed by atoms with Crippen LogP contribution in [-0.4, -0.2) is 0 Å². The van der Waals surface area contributed by atoms with Crippen LogP contribution in [0.2, 0.25) is 0 Å². The minimum absolute atomic E-state index is 0. The van der Waals surface area contributed by atoms with Crippen molar-refractivity contribution in [1.82, 2.24) is 0 Å². The van der Waals surface area contributed by atoms with Gasteiger partial charge in [-0.25, -0.2) is 0 Å². The molecule has 0 aliphatic heterocycles. The summed E-state index contributed by atoms with van der Waals surface area (Å²) in [5.74, 6) is 0. The fourth-order valence-electron chi connectivity index (χ4n) is 0. The summed E-state index contributed by atoms with van der Waals surface area (Å²) in [7, 11) is 0. The number of hydrogen-bond donors (Lipinski definition) is 0. The van der Waals surface area contributed by atoms with Gasteiger partial charge in [0.2, 0.25) is 0 Å². The van der Waals surface area contributed by atoms with Crippen molar-refractivity contribution in [2.24, 2.45) is 0 Å². The van der Waals surface area contributed by atoms with Crippen LogP contribution in [0, 0.1) is 66.5 Å². The normalized spacial score (nSPS) is 0.870. The molecule has 0 amide bonds. The molecule has 0 aromatic heterocycles. The van der Waals surface area contributed by atoms with Gasteiger partial charge in [-0.3, -0.25) is 0 Å². The second kappa shape index (κ2) is 7700. The molecule has 13 heteroatoms. The van der Waals surface area contributed by atoms with Crippen LogP contribution in [0.4, 0.5) is 0 Å². The van der Waals surface area contributed by atoms with Crippen molar-refractivity contribution in [2.75, 3.05) is 0 Å². The van der Waals surface area contributed by atoms with Gasteiger partial charge < -0.3 is 0 Å². The zero-order chi connectivity index (χ0) is 20.0. The Hall–Kier alpha value is -1.04. The Morgan fingerprint density at radius 3 is 0.174 bits per heavy atom. The maximum absolute atomic E-state index is 7.50. The van der Waals surface area contributed by atoms with Crippen molar-refractivity contribution in [3.05, 3.63) is 66.5 Å². The average molecular weight is 448 g/mol. The molecule has 0 aliphatic rings. The van der Waals surface area contributed by atoms with Crippen LogP contribution in [0.3, 0.4) is 0 Å². The molecule has 0 aromatic rings. The summed E-state index contributed by atoms with van der Waals surface area (Å²) in [6.07, 6.45) is 0. The quantitative estimate of drug-likeness (QED) is 0.265. The second-order valence-electron chi connectivity index (χ2n) is 0. The molecule has 124 valence electrons. The van der Waals surface area contributed by atoms with Gasteiger partial charge in [0.15, 0.2) is 0 Å². The molecule has 0 saturated carbocycles. The third kappa shape index (κ3) is 6940. The van der Waals surface area contributed by atoms with E-state index in [1.807, 2.05) is 0 Å². The Morgan fingerprint density at radius 1 is 0.174 bits per heavy atom. The van der Waals surface area contributed by atoms with Crippen LogP contribution in [-0.2, 0) is 97.7 Å². The van der Waals surface area contributed by atoms with Crippen molar-refractivity contribution >= 4 is 0 Å². The molecule has 0 rings (SSSR count). The van der Waals surface area contributed by atoms with E-state index >= 15 is 0 Å². The summed E-state index contributed by atoms with van der Waals surface area (Å²) >= 11 is 0. The predicted molar refractivity (Wildman–Crippen MR) is 39.3 cm³/mol. The molecule has 0 heterocycles. The maximum atomic E-state index is 7.50. The van der Waals surface area contributed by atoms with Gasteiger partial charge in [0.05, 0.1) is 0 Å². The first-order valence-electron chi connectivity index (χ1n) is 2.04. The van der Waals surface area contributed by atoms with Gasteiger partial charge in [-0.05, 0) is 0 Å². The Bertz CT molecular complexity index is 180. The maximum Gasteiger partial charge on any atom is 0 e. The Labute approximate surface area is 164 Å². The third-order valence-electron chi connectivity index (χ3n) is 0. The largest absolute Gasteiger partial charge is 0 e. The van der Waals surface area contributed by atoms with Crippen LogP contribution < -0.4 is 0 Å². The van der Waals surface area contributed by atoms with Crippen molar-refractivity contribution < 1.29 is 97.7 Å². The van der Waals surface area contributed by atoms with Crippen molar-refractivity contribution in [2.45, 2.75) is 0 Å². The van der Waals surface area contributed by atoms with E-state index in [4.69, 9.17) is 46.5 Å². The standard InChI is InChI=1S/10CO.3Fe/c10*1-2;;;. The van der Waals surface area contributed by atoms with E-state index in [1.165, 1.54) is 0 Å². The molecule has 0 aromatic carbocycles. The summed E-state index contributed by atoms with van der Waals surface area (Å²) in [5, 5.41) is 0. The van der Waals surface area contributed by atoms with Crippen molar-refractivity contribution in [3.63, 3.8) is 0 Å². The van der Waals surface area contributed by atoms with Crippen LogP contribution in [0.15, 0.2) is 0 Å². The first-order valence-corrected chi connectivity index (χ1v) is 2.04. The molecular formula is C10Fe3O10. The third-order valence-corrected chi connectivity index (χ3v) is 0. The van der Waals surface area contributed by atoms with Gasteiger partial charge in [-0.1, -0.05) is 0 Å². The predicted octanol–water partition coefficient (Wildman–Crippen LogP) is -0.383. The molecule has 0 saturated heterocycles. The molecule has 0 radical (unpaired) electrons. The van der Waals surface area contributed by atoms with Crippen molar-refractivity contribution in [1.29, 1.82) is 0 Å². The molecule has 0 bridgehead atoms. The van der Waals surface area contributed by atoms with Crippen LogP contribution >= 0.6 is 0 Å². The number of rotatable bonds is 0. The molecule has 23 heavy (non-hydrogen) atoms. The van der Waals surface area contributed by atoms with E-state index in [9.17, 15) is 0 Å². The summed E-state index contributed by atoms with van der Waals surface area (Å²) in [4.78, 5) is 0. The molecule has 0 spiro atoms. The van der Waals surface area contributed by atoms with Crippen molar-refractivity contribution in [3.8, 4) is 0 Å². The first kappa shape index (κ1) is 120. The van der Waals surface area contributed by atoms with E-state index in [2.05, 4.69) is 66.5 Å². The van der Waals surface area contributed by atoms with E-state index < -0.39 is 0 Å². The average Bonchev–Trinajstić information content (AvgIpc) is 2.71. The fourth-order valence-corrected chi connectivity index (χ4v) is 0. The van der Waals surface area contributed by atoms with Crippen LogP contribution in [0.1, 0.15) is 0 Å². The Balaban J connectivity index is -0.00000000433.